The first-order chi connectivity index (χ1) is 9.96. The largest absolute Gasteiger partial charge is 0.494 e. The van der Waals surface area contributed by atoms with Crippen molar-refractivity contribution >= 4 is 15.7 Å². The van der Waals surface area contributed by atoms with E-state index in [-0.39, 0.29) is 10.6 Å². The second-order valence-corrected chi connectivity index (χ2v) is 5.99. The fourth-order valence-corrected chi connectivity index (χ4v) is 2.85. The Morgan fingerprint density at radius 1 is 1.24 bits per heavy atom. The maximum atomic E-state index is 13.6. The molecule has 7 heteroatoms. The normalized spacial score (nSPS) is 11.2. The Hall–Kier alpha value is -2.12. The number of sulfonamides is 1. The molecular weight excluding hydrogens is 295 g/mol. The van der Waals surface area contributed by atoms with Crippen LogP contribution in [0.25, 0.3) is 0 Å². The van der Waals surface area contributed by atoms with Crippen LogP contribution in [0.4, 0.5) is 10.1 Å². The smallest absolute Gasteiger partial charge is 0.262 e. The predicted octanol–water partition coefficient (Wildman–Crippen LogP) is 2.09. The van der Waals surface area contributed by atoms with Gasteiger partial charge in [0.1, 0.15) is 0 Å². The van der Waals surface area contributed by atoms with Gasteiger partial charge >= 0.3 is 0 Å². The maximum absolute atomic E-state index is 13.6. The van der Waals surface area contributed by atoms with Crippen molar-refractivity contribution in [2.24, 2.45) is 5.73 Å². The summed E-state index contributed by atoms with van der Waals surface area (Å²) in [7, 11) is -2.56. The zero-order chi connectivity index (χ0) is 15.5. The monoisotopic (exact) mass is 310 g/mol. The topological polar surface area (TPSA) is 81.4 Å². The molecule has 0 spiro atoms. The molecule has 5 nitrogen and oxygen atoms in total. The van der Waals surface area contributed by atoms with E-state index >= 15 is 0 Å². The van der Waals surface area contributed by atoms with Crippen molar-refractivity contribution in [2.45, 2.75) is 11.4 Å². The highest BCUT2D eigenvalue weighted by Crippen LogP contribution is 2.22. The minimum absolute atomic E-state index is 0.0147. The third-order valence-electron chi connectivity index (χ3n) is 2.85. The summed E-state index contributed by atoms with van der Waals surface area (Å²) in [5.74, 6) is -0.754. The zero-order valence-corrected chi connectivity index (χ0v) is 12.2. The molecule has 0 heterocycles. The van der Waals surface area contributed by atoms with Crippen molar-refractivity contribution < 1.29 is 17.5 Å². The predicted molar refractivity (Wildman–Crippen MR) is 78.1 cm³/mol. The van der Waals surface area contributed by atoms with E-state index in [0.717, 1.165) is 11.6 Å². The van der Waals surface area contributed by atoms with Crippen LogP contribution < -0.4 is 15.2 Å². The molecule has 0 atom stereocenters. The molecule has 0 amide bonds. The summed E-state index contributed by atoms with van der Waals surface area (Å²) >= 11 is 0. The fraction of sp³-hybridized carbons (Fsp3) is 0.143. The maximum Gasteiger partial charge on any atom is 0.262 e. The lowest BCUT2D eigenvalue weighted by Gasteiger charge is -2.10. The molecule has 0 bridgehead atoms. The van der Waals surface area contributed by atoms with E-state index in [9.17, 15) is 12.8 Å². The van der Waals surface area contributed by atoms with Crippen LogP contribution in [0.5, 0.6) is 5.75 Å². The van der Waals surface area contributed by atoms with Gasteiger partial charge in [-0.15, -0.1) is 0 Å². The van der Waals surface area contributed by atoms with Gasteiger partial charge in [0, 0.05) is 12.2 Å². The lowest BCUT2D eigenvalue weighted by Crippen LogP contribution is -2.13. The number of nitrogens with one attached hydrogen (secondary N) is 1. The van der Waals surface area contributed by atoms with Crippen LogP contribution in [-0.4, -0.2) is 15.5 Å². The molecule has 2 rings (SSSR count). The molecule has 2 aromatic rings. The molecule has 0 radical (unpaired) electrons. The summed E-state index contributed by atoms with van der Waals surface area (Å²) in [5.41, 5.74) is 6.66. The van der Waals surface area contributed by atoms with Crippen LogP contribution in [0.3, 0.4) is 0 Å². The van der Waals surface area contributed by atoms with Gasteiger partial charge in [0.15, 0.2) is 11.6 Å². The van der Waals surface area contributed by atoms with Gasteiger partial charge in [-0.3, -0.25) is 4.72 Å². The average Bonchev–Trinajstić information content (AvgIpc) is 2.47. The van der Waals surface area contributed by atoms with E-state index < -0.39 is 15.8 Å². The first-order valence-corrected chi connectivity index (χ1v) is 7.60. The molecule has 0 aliphatic carbocycles. The van der Waals surface area contributed by atoms with Crippen LogP contribution in [0.1, 0.15) is 5.56 Å². The minimum Gasteiger partial charge on any atom is -0.494 e. The molecule has 0 saturated heterocycles. The first kappa shape index (κ1) is 15.3. The van der Waals surface area contributed by atoms with Crippen molar-refractivity contribution in [1.82, 2.24) is 0 Å². The molecule has 2 aromatic carbocycles. The van der Waals surface area contributed by atoms with Gasteiger partial charge in [0.05, 0.1) is 12.0 Å². The Balaban J connectivity index is 2.31. The SMILES string of the molecule is COc1ccc(S(=O)(=O)Nc2cccc(CN)c2)cc1F. The zero-order valence-electron chi connectivity index (χ0n) is 11.3. The van der Waals surface area contributed by atoms with Crippen molar-refractivity contribution in [3.63, 3.8) is 0 Å². The number of methoxy groups -OCH3 is 1. The molecule has 21 heavy (non-hydrogen) atoms. The van der Waals surface area contributed by atoms with Crippen LogP contribution in [-0.2, 0) is 16.6 Å². The molecule has 3 N–H and O–H groups in total. The first-order valence-electron chi connectivity index (χ1n) is 6.11. The number of halogens is 1. The Labute approximate surface area is 122 Å². The molecule has 0 fully saturated rings. The van der Waals surface area contributed by atoms with Crippen LogP contribution in [0.2, 0.25) is 0 Å². The standard InChI is InChI=1S/C14H15FN2O3S/c1-20-14-6-5-12(8-13(14)15)21(18,19)17-11-4-2-3-10(7-11)9-16/h2-8,17H,9,16H2,1H3. The van der Waals surface area contributed by atoms with Crippen molar-refractivity contribution in [2.75, 3.05) is 11.8 Å². The number of nitrogens with two attached hydrogens (primary N) is 1. The van der Waals surface area contributed by atoms with Gasteiger partial charge in [-0.05, 0) is 35.9 Å². The highest BCUT2D eigenvalue weighted by molar-refractivity contribution is 7.92. The quantitative estimate of drug-likeness (QED) is 0.886. The molecule has 0 aromatic heterocycles. The van der Waals surface area contributed by atoms with Crippen molar-refractivity contribution in [3.8, 4) is 5.75 Å². The van der Waals surface area contributed by atoms with Crippen molar-refractivity contribution in [1.29, 1.82) is 0 Å². The summed E-state index contributed by atoms with van der Waals surface area (Å²) in [4.78, 5) is -0.182. The lowest BCUT2D eigenvalue weighted by molar-refractivity contribution is 0.385. The van der Waals surface area contributed by atoms with Crippen LogP contribution in [0, 0.1) is 5.82 Å². The van der Waals surface area contributed by atoms with Gasteiger partial charge in [-0.2, -0.15) is 0 Å². The molecule has 0 unspecified atom stereocenters. The van der Waals surface area contributed by atoms with E-state index in [2.05, 4.69) is 4.72 Å². The summed E-state index contributed by atoms with van der Waals surface area (Å²) < 4.78 is 45.2. The lowest BCUT2D eigenvalue weighted by atomic mass is 10.2. The summed E-state index contributed by atoms with van der Waals surface area (Å²) in [6.07, 6.45) is 0. The number of hydrogen-bond donors (Lipinski definition) is 2. The van der Waals surface area contributed by atoms with E-state index in [1.165, 1.54) is 19.2 Å². The third kappa shape index (κ3) is 3.50. The summed E-state index contributed by atoms with van der Waals surface area (Å²) in [6, 6.07) is 10.1. The second kappa shape index (κ2) is 6.11. The average molecular weight is 310 g/mol. The summed E-state index contributed by atoms with van der Waals surface area (Å²) in [5, 5.41) is 0. The molecule has 112 valence electrons. The van der Waals surface area contributed by atoms with Gasteiger partial charge in [-0.25, -0.2) is 12.8 Å². The van der Waals surface area contributed by atoms with E-state index in [4.69, 9.17) is 10.5 Å². The van der Waals surface area contributed by atoms with E-state index in [0.29, 0.717) is 12.2 Å². The fourth-order valence-electron chi connectivity index (χ4n) is 1.79. The summed E-state index contributed by atoms with van der Waals surface area (Å²) in [6.45, 7) is 0.298. The van der Waals surface area contributed by atoms with Gasteiger partial charge in [0.2, 0.25) is 0 Å². The van der Waals surface area contributed by atoms with Crippen LogP contribution in [0.15, 0.2) is 47.4 Å². The highest BCUT2D eigenvalue weighted by atomic mass is 32.2. The number of rotatable bonds is 5. The molecule has 0 aliphatic heterocycles. The Morgan fingerprint density at radius 2 is 2.00 bits per heavy atom. The number of hydrogen-bond acceptors (Lipinski definition) is 4. The van der Waals surface area contributed by atoms with Crippen molar-refractivity contribution in [3.05, 3.63) is 53.8 Å². The Bertz CT molecular complexity index is 748. The number of ether oxygens (including phenoxy) is 1. The van der Waals surface area contributed by atoms with E-state index in [1.54, 1.807) is 24.3 Å². The van der Waals surface area contributed by atoms with Crippen LogP contribution >= 0.6 is 0 Å². The number of anilines is 1. The van der Waals surface area contributed by atoms with Gasteiger partial charge in [-0.1, -0.05) is 12.1 Å². The Morgan fingerprint density at radius 3 is 2.62 bits per heavy atom. The minimum atomic E-state index is -3.87. The third-order valence-corrected chi connectivity index (χ3v) is 4.23. The Kier molecular flexibility index (Phi) is 4.44. The molecule has 0 saturated carbocycles. The second-order valence-electron chi connectivity index (χ2n) is 4.31. The van der Waals surface area contributed by atoms with Gasteiger partial charge < -0.3 is 10.5 Å². The highest BCUT2D eigenvalue weighted by Gasteiger charge is 2.17. The molecular formula is C14H15FN2O3S. The van der Waals surface area contributed by atoms with Gasteiger partial charge in [0.25, 0.3) is 10.0 Å². The van der Waals surface area contributed by atoms with E-state index in [1.807, 2.05) is 0 Å². The molecule has 0 aliphatic rings. The number of benzene rings is 2.